The van der Waals surface area contributed by atoms with Crippen LogP contribution in [0.15, 0.2) is 53.3 Å². The molecule has 0 bridgehead atoms. The molecule has 0 unspecified atom stereocenters. The minimum absolute atomic E-state index is 0.145. The highest BCUT2D eigenvalue weighted by Gasteiger charge is 2.27. The Morgan fingerprint density at radius 3 is 2.40 bits per heavy atom. The lowest BCUT2D eigenvalue weighted by Gasteiger charge is -2.36. The number of aromatic nitrogens is 4. The van der Waals surface area contributed by atoms with Crippen molar-refractivity contribution in [3.05, 3.63) is 77.5 Å². The van der Waals surface area contributed by atoms with Crippen LogP contribution in [0.1, 0.15) is 82.1 Å². The van der Waals surface area contributed by atoms with Crippen LogP contribution in [0.3, 0.4) is 0 Å². The van der Waals surface area contributed by atoms with E-state index in [0.29, 0.717) is 54.6 Å². The fourth-order valence-corrected chi connectivity index (χ4v) is 5.29. The summed E-state index contributed by atoms with van der Waals surface area (Å²) in [7, 11) is 0. The summed E-state index contributed by atoms with van der Waals surface area (Å²) < 4.78 is 26.2. The second-order valence-electron chi connectivity index (χ2n) is 14.0. The normalized spacial score (nSPS) is 14.4. The fourth-order valence-electron chi connectivity index (χ4n) is 5.29. The van der Waals surface area contributed by atoms with Crippen LogP contribution in [0.2, 0.25) is 0 Å². The number of nitrogens with zero attached hydrogens (tertiary/aromatic N) is 6. The van der Waals surface area contributed by atoms with Gasteiger partial charge in [0.1, 0.15) is 23.6 Å². The van der Waals surface area contributed by atoms with Gasteiger partial charge in [-0.25, -0.2) is 19.2 Å². The van der Waals surface area contributed by atoms with Gasteiger partial charge >= 0.3 is 17.9 Å². The Hall–Kier alpha value is -5.07. The molecule has 4 aromatic rings. The third-order valence-corrected chi connectivity index (χ3v) is 7.82. The quantitative estimate of drug-likeness (QED) is 0.224. The van der Waals surface area contributed by atoms with E-state index in [-0.39, 0.29) is 17.4 Å². The van der Waals surface area contributed by atoms with Gasteiger partial charge in [-0.1, -0.05) is 32.0 Å². The summed E-state index contributed by atoms with van der Waals surface area (Å²) in [5.74, 6) is -0.236. The number of hydrogen-bond acceptors (Lipinski definition) is 10. The van der Waals surface area contributed by atoms with Crippen molar-refractivity contribution >= 4 is 29.2 Å². The summed E-state index contributed by atoms with van der Waals surface area (Å²) in [5.41, 5.74) is 3.00. The minimum atomic E-state index is -0.534. The Balaban J connectivity index is 1.25. The highest BCUT2D eigenvalue weighted by atomic mass is 19.1. The molecule has 1 fully saturated rings. The van der Waals surface area contributed by atoms with E-state index >= 15 is 4.39 Å². The number of hydrogen-bond donors (Lipinski definition) is 2. The van der Waals surface area contributed by atoms with Gasteiger partial charge in [-0.3, -0.25) is 4.79 Å². The zero-order valence-corrected chi connectivity index (χ0v) is 28.7. The van der Waals surface area contributed by atoms with Crippen LogP contribution in [0.4, 0.5) is 26.4 Å². The number of benzene rings is 2. The minimum Gasteiger partial charge on any atom is -0.444 e. The van der Waals surface area contributed by atoms with E-state index in [4.69, 9.17) is 9.26 Å². The van der Waals surface area contributed by atoms with Crippen LogP contribution in [0.25, 0.3) is 11.3 Å². The third kappa shape index (κ3) is 8.25. The van der Waals surface area contributed by atoms with Crippen molar-refractivity contribution in [1.82, 2.24) is 30.3 Å². The first-order chi connectivity index (χ1) is 22.6. The molecule has 12 nitrogen and oxygen atoms in total. The second-order valence-corrected chi connectivity index (χ2v) is 14.0. The molecular weight excluding hydrogens is 615 g/mol. The van der Waals surface area contributed by atoms with Crippen molar-refractivity contribution in [2.45, 2.75) is 72.4 Å². The van der Waals surface area contributed by atoms with E-state index in [1.165, 1.54) is 12.4 Å². The number of anilines is 3. The Bertz CT molecular complexity index is 1790. The predicted octanol–water partition coefficient (Wildman–Crippen LogP) is 6.56. The molecule has 0 aliphatic carbocycles. The maximum Gasteiger partial charge on any atom is 0.410 e. The van der Waals surface area contributed by atoms with Gasteiger partial charge in [-0.05, 0) is 76.1 Å². The highest BCUT2D eigenvalue weighted by molar-refractivity contribution is 5.89. The number of nitrogens with one attached hydrogen (secondary N) is 2. The van der Waals surface area contributed by atoms with E-state index in [1.807, 2.05) is 72.7 Å². The molecule has 2 amide bonds. The molecule has 2 N–H and O–H groups in total. The Morgan fingerprint density at radius 1 is 1.00 bits per heavy atom. The number of aryl methyl sites for hydroxylation is 1. The number of amides is 2. The first kappa shape index (κ1) is 34.3. The van der Waals surface area contributed by atoms with Gasteiger partial charge in [0, 0.05) is 54.6 Å². The van der Waals surface area contributed by atoms with E-state index in [2.05, 4.69) is 35.6 Å². The van der Waals surface area contributed by atoms with Gasteiger partial charge in [0.2, 0.25) is 0 Å². The van der Waals surface area contributed by atoms with Crippen LogP contribution < -0.4 is 15.5 Å². The molecule has 2 aromatic heterocycles. The maximum absolute atomic E-state index is 15.6. The molecule has 13 heteroatoms. The molecule has 48 heavy (non-hydrogen) atoms. The van der Waals surface area contributed by atoms with Crippen molar-refractivity contribution in [3.63, 3.8) is 0 Å². The second kappa shape index (κ2) is 13.6. The summed E-state index contributed by atoms with van der Waals surface area (Å²) in [5, 5.41) is 10.0. The molecule has 1 atom stereocenters. The molecule has 0 spiro atoms. The summed E-state index contributed by atoms with van der Waals surface area (Å²) in [4.78, 5) is 42.1. The average Bonchev–Trinajstić information content (AvgIpc) is 3.53. The number of ether oxygens (including phenoxy) is 1. The smallest absolute Gasteiger partial charge is 0.410 e. The Morgan fingerprint density at radius 2 is 1.73 bits per heavy atom. The first-order valence-corrected chi connectivity index (χ1v) is 15.9. The van der Waals surface area contributed by atoms with Crippen LogP contribution in [0, 0.1) is 12.7 Å². The van der Waals surface area contributed by atoms with E-state index < -0.39 is 23.4 Å². The van der Waals surface area contributed by atoms with Crippen LogP contribution in [-0.4, -0.2) is 68.8 Å². The number of piperazine rings is 1. The zero-order valence-electron chi connectivity index (χ0n) is 28.7. The van der Waals surface area contributed by atoms with Gasteiger partial charge in [-0.2, -0.15) is 4.98 Å². The van der Waals surface area contributed by atoms with Gasteiger partial charge in [0.25, 0.3) is 0 Å². The van der Waals surface area contributed by atoms with Gasteiger partial charge in [-0.15, -0.1) is 0 Å². The van der Waals surface area contributed by atoms with E-state index in [9.17, 15) is 9.59 Å². The summed E-state index contributed by atoms with van der Waals surface area (Å²) in [6.45, 7) is 17.4. The summed E-state index contributed by atoms with van der Waals surface area (Å²) in [6, 6.07) is 12.2. The van der Waals surface area contributed by atoms with Crippen LogP contribution in [-0.2, 0) is 10.2 Å². The van der Waals surface area contributed by atoms with Crippen LogP contribution >= 0.6 is 0 Å². The lowest BCUT2D eigenvalue weighted by Crippen LogP contribution is -2.50. The molecule has 5 rings (SSSR count). The van der Waals surface area contributed by atoms with E-state index in [0.717, 1.165) is 16.9 Å². The van der Waals surface area contributed by atoms with Gasteiger partial charge in [0.15, 0.2) is 5.82 Å². The number of rotatable bonds is 7. The molecule has 1 aliphatic rings. The van der Waals surface area contributed by atoms with Crippen molar-refractivity contribution < 1.29 is 23.2 Å². The first-order valence-electron chi connectivity index (χ1n) is 15.9. The number of halogens is 1. The van der Waals surface area contributed by atoms with Crippen molar-refractivity contribution in [2.24, 2.45) is 0 Å². The standard InChI is InChI=1S/C35H43FN8O4/c1-21-16-26(27(36)18-25(21)22(2)39-30(45)31-41-32(42-48-31)34(3,4)5)28-19-29(38-20-37-28)40-23-10-9-11-24(17-23)43-12-14-44(15-13-43)33(46)47-35(6,7)8/h9-11,16-20,22H,12-15H2,1-8H3,(H,39,45)(H,37,38,40)/t22-/m1/s1. The maximum atomic E-state index is 15.6. The number of carbonyl (C=O) groups excluding carboxylic acids is 2. The average molecular weight is 659 g/mol. The number of carbonyl (C=O) groups is 2. The van der Waals surface area contributed by atoms with Gasteiger partial charge < -0.3 is 29.7 Å². The van der Waals surface area contributed by atoms with Crippen molar-refractivity contribution in [2.75, 3.05) is 36.4 Å². The molecule has 1 saturated heterocycles. The lowest BCUT2D eigenvalue weighted by atomic mass is 9.96. The molecule has 3 heterocycles. The summed E-state index contributed by atoms with van der Waals surface area (Å²) in [6.07, 6.45) is 1.09. The monoisotopic (exact) mass is 658 g/mol. The van der Waals surface area contributed by atoms with Gasteiger partial charge in [0.05, 0.1) is 11.7 Å². The molecule has 1 aliphatic heterocycles. The largest absolute Gasteiger partial charge is 0.444 e. The molecule has 0 radical (unpaired) electrons. The Labute approximate surface area is 280 Å². The Kier molecular flexibility index (Phi) is 9.69. The summed E-state index contributed by atoms with van der Waals surface area (Å²) >= 11 is 0. The lowest BCUT2D eigenvalue weighted by molar-refractivity contribution is 0.0240. The molecular formula is C35H43FN8O4. The zero-order chi connectivity index (χ0) is 34.8. The van der Waals surface area contributed by atoms with Crippen molar-refractivity contribution in [3.8, 4) is 11.3 Å². The fraction of sp³-hybridized carbons (Fsp3) is 0.429. The SMILES string of the molecule is Cc1cc(-c2cc(Nc3cccc(N4CCN(C(=O)OC(C)(C)C)CC4)c3)ncn2)c(F)cc1[C@@H](C)NC(=O)c1nc(C(C)(C)C)no1. The van der Waals surface area contributed by atoms with Crippen LogP contribution in [0.5, 0.6) is 0 Å². The highest BCUT2D eigenvalue weighted by Crippen LogP contribution is 2.30. The molecule has 0 saturated carbocycles. The molecule has 254 valence electrons. The predicted molar refractivity (Wildman–Crippen MR) is 181 cm³/mol. The topological polar surface area (TPSA) is 139 Å². The van der Waals surface area contributed by atoms with Crippen molar-refractivity contribution in [1.29, 1.82) is 0 Å². The van der Waals surface area contributed by atoms with E-state index in [1.54, 1.807) is 24.0 Å². The molecule has 2 aromatic carbocycles. The third-order valence-electron chi connectivity index (χ3n) is 7.82.